The van der Waals surface area contributed by atoms with E-state index >= 15 is 0 Å². The summed E-state index contributed by atoms with van der Waals surface area (Å²) in [5, 5.41) is 0. The Labute approximate surface area is 146 Å². The van der Waals surface area contributed by atoms with Crippen LogP contribution in [0.5, 0.6) is 0 Å². The van der Waals surface area contributed by atoms with E-state index in [1.165, 1.54) is 34.9 Å². The van der Waals surface area contributed by atoms with Crippen molar-refractivity contribution < 1.29 is 4.39 Å². The van der Waals surface area contributed by atoms with Gasteiger partial charge in [-0.2, -0.15) is 0 Å². The quantitative estimate of drug-likeness (QED) is 0.648. The molecule has 0 amide bonds. The Morgan fingerprint density at radius 3 is 2.78 bits per heavy atom. The number of likely N-dealkylation sites (N-methyl/N-ethyl adjacent to an activating group) is 1. The second kappa shape index (κ2) is 7.73. The summed E-state index contributed by atoms with van der Waals surface area (Å²) in [6.45, 7) is 1.10. The summed E-state index contributed by atoms with van der Waals surface area (Å²) in [7, 11) is 2.16. The smallest absolute Gasteiger partial charge is 0.124 e. The Morgan fingerprint density at radius 1 is 1.17 bits per heavy atom. The van der Waals surface area contributed by atoms with Crippen molar-refractivity contribution in [2.24, 2.45) is 0 Å². The van der Waals surface area contributed by atoms with Gasteiger partial charge in [-0.1, -0.05) is 35.8 Å². The molecule has 1 aliphatic rings. The van der Waals surface area contributed by atoms with Crippen LogP contribution in [0.4, 0.5) is 4.39 Å². The van der Waals surface area contributed by atoms with Gasteiger partial charge in [0, 0.05) is 16.3 Å². The van der Waals surface area contributed by atoms with Gasteiger partial charge in [-0.25, -0.2) is 4.39 Å². The van der Waals surface area contributed by atoms with E-state index in [2.05, 4.69) is 35.8 Å². The highest BCUT2D eigenvalue weighted by atomic mass is 32.2. The number of hydrogen-bond donors (Lipinski definition) is 0. The Balaban J connectivity index is 1.79. The van der Waals surface area contributed by atoms with Gasteiger partial charge in [-0.3, -0.25) is 4.31 Å². The number of hydrogen-bond acceptors (Lipinski definition) is 3. The summed E-state index contributed by atoms with van der Waals surface area (Å²) < 4.78 is 15.6. The molecule has 23 heavy (non-hydrogen) atoms. The van der Waals surface area contributed by atoms with Gasteiger partial charge < -0.3 is 0 Å². The summed E-state index contributed by atoms with van der Waals surface area (Å²) >= 11 is 3.43. The topological polar surface area (TPSA) is 3.24 Å². The average Bonchev–Trinajstić information content (AvgIpc) is 2.55. The van der Waals surface area contributed by atoms with Crippen LogP contribution >= 0.6 is 23.7 Å². The Kier molecular flexibility index (Phi) is 5.67. The maximum Gasteiger partial charge on any atom is 0.124 e. The van der Waals surface area contributed by atoms with Crippen LogP contribution in [0.15, 0.2) is 52.3 Å². The minimum Gasteiger partial charge on any atom is -0.253 e. The minimum atomic E-state index is -0.173. The highest BCUT2D eigenvalue weighted by Gasteiger charge is 2.21. The lowest BCUT2D eigenvalue weighted by Gasteiger charge is -2.28. The number of nitrogens with zero attached hydrogens (tertiary/aromatic N) is 1. The Bertz CT molecular complexity index is 674. The van der Waals surface area contributed by atoms with E-state index in [4.69, 9.17) is 0 Å². The van der Waals surface area contributed by atoms with Gasteiger partial charge in [0.25, 0.3) is 0 Å². The van der Waals surface area contributed by atoms with Crippen LogP contribution in [-0.2, 0) is 6.42 Å². The van der Waals surface area contributed by atoms with Gasteiger partial charge in [-0.05, 0) is 79.9 Å². The van der Waals surface area contributed by atoms with Crippen molar-refractivity contribution >= 4 is 23.7 Å². The van der Waals surface area contributed by atoms with Crippen LogP contribution in [-0.4, -0.2) is 24.2 Å². The van der Waals surface area contributed by atoms with Gasteiger partial charge in [0.1, 0.15) is 5.82 Å². The molecule has 1 nitrogen and oxygen atoms in total. The Morgan fingerprint density at radius 2 is 2.00 bits per heavy atom. The van der Waals surface area contributed by atoms with E-state index in [9.17, 15) is 4.39 Å². The van der Waals surface area contributed by atoms with E-state index in [1.807, 2.05) is 6.07 Å². The van der Waals surface area contributed by atoms with Crippen LogP contribution in [0.3, 0.4) is 0 Å². The number of benzene rings is 2. The molecule has 1 aliphatic carbocycles. The third-order valence-corrected chi connectivity index (χ3v) is 6.13. The number of rotatable bonds is 5. The van der Waals surface area contributed by atoms with Gasteiger partial charge in [0.05, 0.1) is 0 Å². The van der Waals surface area contributed by atoms with Crippen molar-refractivity contribution in [3.63, 3.8) is 0 Å². The standard InChI is InChI=1S/C19H22FNS2/c1-21(22-2)13-15-6-3-5-14-11-18(9-10-19(14)15)23-17-8-4-7-16(20)12-17/h4,7-12,15H,3,5-6,13H2,1-2H3/t15-/m0/s1. The molecule has 122 valence electrons. The summed E-state index contributed by atoms with van der Waals surface area (Å²) in [4.78, 5) is 2.16. The van der Waals surface area contributed by atoms with Crippen molar-refractivity contribution in [1.82, 2.24) is 4.31 Å². The highest BCUT2D eigenvalue weighted by Crippen LogP contribution is 2.36. The lowest BCUT2D eigenvalue weighted by atomic mass is 9.83. The molecule has 0 spiro atoms. The number of halogens is 1. The molecule has 0 fully saturated rings. The fourth-order valence-electron chi connectivity index (χ4n) is 3.20. The lowest BCUT2D eigenvalue weighted by Crippen LogP contribution is -2.21. The van der Waals surface area contributed by atoms with E-state index < -0.39 is 0 Å². The van der Waals surface area contributed by atoms with E-state index in [0.717, 1.165) is 17.9 Å². The van der Waals surface area contributed by atoms with Crippen LogP contribution < -0.4 is 0 Å². The van der Waals surface area contributed by atoms with Crippen molar-refractivity contribution in [2.75, 3.05) is 19.8 Å². The molecule has 3 rings (SSSR count). The molecular formula is C19H22FNS2. The summed E-state index contributed by atoms with van der Waals surface area (Å²) in [5.74, 6) is 0.456. The normalized spacial score (nSPS) is 17.3. The molecule has 0 heterocycles. The summed E-state index contributed by atoms with van der Waals surface area (Å²) in [5.41, 5.74) is 2.97. The largest absolute Gasteiger partial charge is 0.253 e. The zero-order chi connectivity index (χ0) is 16.2. The van der Waals surface area contributed by atoms with Crippen LogP contribution in [0.1, 0.15) is 29.9 Å². The molecule has 0 saturated heterocycles. The molecule has 0 bridgehead atoms. The van der Waals surface area contributed by atoms with Gasteiger partial charge in [0.2, 0.25) is 0 Å². The SMILES string of the molecule is CSN(C)C[C@@H]1CCCc2cc(Sc3cccc(F)c3)ccc21. The first-order valence-electron chi connectivity index (χ1n) is 7.97. The van der Waals surface area contributed by atoms with Gasteiger partial charge in [0.15, 0.2) is 0 Å². The molecule has 0 unspecified atom stereocenters. The van der Waals surface area contributed by atoms with E-state index in [1.54, 1.807) is 35.8 Å². The van der Waals surface area contributed by atoms with Crippen LogP contribution in [0.25, 0.3) is 0 Å². The predicted octanol–water partition coefficient (Wildman–Crippen LogP) is 5.61. The molecule has 2 aromatic carbocycles. The summed E-state index contributed by atoms with van der Waals surface area (Å²) in [6.07, 6.45) is 5.82. The Hall–Kier alpha value is -0.970. The molecule has 0 aliphatic heterocycles. The maximum atomic E-state index is 13.3. The molecule has 2 aromatic rings. The fourth-order valence-corrected chi connectivity index (χ4v) is 4.45. The second-order valence-corrected chi connectivity index (χ2v) is 8.14. The summed E-state index contributed by atoms with van der Waals surface area (Å²) in [6, 6.07) is 13.6. The molecule has 4 heteroatoms. The first-order valence-corrected chi connectivity index (χ1v) is 9.97. The minimum absolute atomic E-state index is 0.173. The molecule has 0 radical (unpaired) electrons. The van der Waals surface area contributed by atoms with E-state index in [0.29, 0.717) is 5.92 Å². The monoisotopic (exact) mass is 347 g/mol. The molecule has 0 aromatic heterocycles. The van der Waals surface area contributed by atoms with Crippen molar-refractivity contribution in [3.05, 3.63) is 59.4 Å². The number of fused-ring (bicyclic) bond motifs is 1. The van der Waals surface area contributed by atoms with Crippen LogP contribution in [0.2, 0.25) is 0 Å². The first kappa shape index (κ1) is 16.9. The molecule has 1 atom stereocenters. The number of aryl methyl sites for hydroxylation is 1. The molecule has 0 saturated carbocycles. The second-order valence-electron chi connectivity index (χ2n) is 6.00. The van der Waals surface area contributed by atoms with E-state index in [-0.39, 0.29) is 5.82 Å². The molecular weight excluding hydrogens is 325 g/mol. The highest BCUT2D eigenvalue weighted by molar-refractivity contribution is 7.99. The van der Waals surface area contributed by atoms with Crippen molar-refractivity contribution in [2.45, 2.75) is 35.0 Å². The van der Waals surface area contributed by atoms with Crippen molar-refractivity contribution in [1.29, 1.82) is 0 Å². The lowest BCUT2D eigenvalue weighted by molar-refractivity contribution is 0.447. The third-order valence-electron chi connectivity index (χ3n) is 4.37. The maximum absolute atomic E-state index is 13.3. The van der Waals surface area contributed by atoms with Gasteiger partial charge in [-0.15, -0.1) is 0 Å². The zero-order valence-corrected chi connectivity index (χ0v) is 15.2. The average molecular weight is 348 g/mol. The fraction of sp³-hybridized carbons (Fsp3) is 0.368. The van der Waals surface area contributed by atoms with Gasteiger partial charge >= 0.3 is 0 Å². The first-order chi connectivity index (χ1) is 11.2. The third kappa shape index (κ3) is 4.31. The van der Waals surface area contributed by atoms with Crippen molar-refractivity contribution in [3.8, 4) is 0 Å². The zero-order valence-electron chi connectivity index (χ0n) is 13.6. The predicted molar refractivity (Wildman–Crippen MR) is 98.8 cm³/mol. The molecule has 0 N–H and O–H groups in total. The van der Waals surface area contributed by atoms with Crippen LogP contribution in [0, 0.1) is 5.82 Å².